The van der Waals surface area contributed by atoms with Gasteiger partial charge in [-0.25, -0.2) is 0 Å². The van der Waals surface area contributed by atoms with Gasteiger partial charge in [0.15, 0.2) is 11.5 Å². The topological polar surface area (TPSA) is 50.7 Å². The molecule has 0 aliphatic carbocycles. The molecule has 0 radical (unpaired) electrons. The Labute approximate surface area is 131 Å². The molecule has 0 unspecified atom stereocenters. The van der Waals surface area contributed by atoms with Gasteiger partial charge in [0.2, 0.25) is 0 Å². The zero-order valence-electron chi connectivity index (χ0n) is 13.1. The van der Waals surface area contributed by atoms with E-state index in [1.807, 2.05) is 55.5 Å². The quantitative estimate of drug-likeness (QED) is 0.787. The Morgan fingerprint density at radius 2 is 1.86 bits per heavy atom. The van der Waals surface area contributed by atoms with Crippen LogP contribution in [-0.4, -0.2) is 25.4 Å². The molecule has 0 saturated carbocycles. The maximum Gasteiger partial charge on any atom is 0.161 e. The largest absolute Gasteiger partial charge is 0.493 e. The van der Waals surface area contributed by atoms with Gasteiger partial charge < -0.3 is 19.9 Å². The molecule has 2 N–H and O–H groups in total. The molecular formula is C18H23NO3. The number of hydrogen-bond donors (Lipinski definition) is 2. The number of nitrogens with one attached hydrogen (secondary N) is 1. The van der Waals surface area contributed by atoms with E-state index in [4.69, 9.17) is 9.47 Å². The highest BCUT2D eigenvalue weighted by molar-refractivity contribution is 5.42. The Kier molecular flexibility index (Phi) is 6.25. The first kappa shape index (κ1) is 16.3. The highest BCUT2D eigenvalue weighted by Gasteiger charge is 2.08. The predicted molar refractivity (Wildman–Crippen MR) is 87.3 cm³/mol. The van der Waals surface area contributed by atoms with Crippen molar-refractivity contribution in [2.24, 2.45) is 0 Å². The van der Waals surface area contributed by atoms with Crippen LogP contribution in [0.25, 0.3) is 0 Å². The molecule has 4 heteroatoms. The third-order valence-electron chi connectivity index (χ3n) is 3.38. The summed E-state index contributed by atoms with van der Waals surface area (Å²) >= 11 is 0. The van der Waals surface area contributed by atoms with Gasteiger partial charge in [0, 0.05) is 13.1 Å². The van der Waals surface area contributed by atoms with Gasteiger partial charge in [0.05, 0.1) is 19.8 Å². The third kappa shape index (κ3) is 4.48. The number of hydrogen-bond acceptors (Lipinski definition) is 4. The lowest BCUT2D eigenvalue weighted by molar-refractivity contribution is 0.174. The van der Waals surface area contributed by atoms with Crippen LogP contribution < -0.4 is 14.8 Å². The van der Waals surface area contributed by atoms with E-state index in [1.54, 1.807) is 7.11 Å². The smallest absolute Gasteiger partial charge is 0.161 e. The molecule has 0 fully saturated rings. The van der Waals surface area contributed by atoms with Crippen molar-refractivity contribution in [1.29, 1.82) is 0 Å². The summed E-state index contributed by atoms with van der Waals surface area (Å²) in [6, 6.07) is 15.5. The summed E-state index contributed by atoms with van der Waals surface area (Å²) in [7, 11) is 1.63. The van der Waals surface area contributed by atoms with Gasteiger partial charge in [-0.2, -0.15) is 0 Å². The fourth-order valence-electron chi connectivity index (χ4n) is 2.24. The molecule has 0 saturated heterocycles. The minimum Gasteiger partial charge on any atom is -0.493 e. The van der Waals surface area contributed by atoms with Crippen molar-refractivity contribution in [3.05, 3.63) is 59.7 Å². The maximum atomic E-state index is 10.1. The molecule has 0 amide bonds. The first-order chi connectivity index (χ1) is 10.7. The Balaban J connectivity index is 1.89. The predicted octanol–water partition coefficient (Wildman–Crippen LogP) is 2.92. The number of aliphatic hydroxyl groups is 1. The molecule has 1 atom stereocenters. The second-order valence-electron chi connectivity index (χ2n) is 4.98. The SMILES string of the molecule is CCOc1ccc(CNC[C@H](O)c2ccccc2)cc1OC. The van der Waals surface area contributed by atoms with Gasteiger partial charge in [0.25, 0.3) is 0 Å². The standard InChI is InChI=1S/C18H23NO3/c1-3-22-17-10-9-14(11-18(17)21-2)12-19-13-16(20)15-7-5-4-6-8-15/h4-11,16,19-20H,3,12-13H2,1-2H3/t16-/m0/s1. The van der Waals surface area contributed by atoms with E-state index in [1.165, 1.54) is 0 Å². The average molecular weight is 301 g/mol. The van der Waals surface area contributed by atoms with Crippen molar-refractivity contribution in [2.45, 2.75) is 19.6 Å². The molecule has 0 aromatic heterocycles. The van der Waals surface area contributed by atoms with Gasteiger partial charge in [-0.05, 0) is 30.2 Å². The fraction of sp³-hybridized carbons (Fsp3) is 0.333. The summed E-state index contributed by atoms with van der Waals surface area (Å²) in [5, 5.41) is 13.4. The molecule has 4 nitrogen and oxygen atoms in total. The Morgan fingerprint density at radius 1 is 1.09 bits per heavy atom. The van der Waals surface area contributed by atoms with Crippen molar-refractivity contribution >= 4 is 0 Å². The zero-order valence-corrected chi connectivity index (χ0v) is 13.1. The van der Waals surface area contributed by atoms with Crippen LogP contribution in [0.2, 0.25) is 0 Å². The monoisotopic (exact) mass is 301 g/mol. The second kappa shape index (κ2) is 8.41. The van der Waals surface area contributed by atoms with Crippen LogP contribution in [0.4, 0.5) is 0 Å². The van der Waals surface area contributed by atoms with Crippen molar-refractivity contribution in [3.63, 3.8) is 0 Å². The molecule has 0 aliphatic heterocycles. The van der Waals surface area contributed by atoms with E-state index in [0.29, 0.717) is 19.7 Å². The summed E-state index contributed by atoms with van der Waals surface area (Å²) < 4.78 is 10.8. The van der Waals surface area contributed by atoms with Gasteiger partial charge in [-0.15, -0.1) is 0 Å². The van der Waals surface area contributed by atoms with Crippen LogP contribution in [0.1, 0.15) is 24.2 Å². The van der Waals surface area contributed by atoms with Crippen LogP contribution in [0.5, 0.6) is 11.5 Å². The van der Waals surface area contributed by atoms with Crippen molar-refractivity contribution in [2.75, 3.05) is 20.3 Å². The average Bonchev–Trinajstić information content (AvgIpc) is 2.57. The molecular weight excluding hydrogens is 278 g/mol. The molecule has 0 aliphatic rings. The summed E-state index contributed by atoms with van der Waals surface area (Å²) in [6.45, 7) is 3.71. The van der Waals surface area contributed by atoms with Crippen LogP contribution in [0.15, 0.2) is 48.5 Å². The van der Waals surface area contributed by atoms with E-state index in [0.717, 1.165) is 22.6 Å². The second-order valence-corrected chi connectivity index (χ2v) is 4.98. The van der Waals surface area contributed by atoms with Gasteiger partial charge in [-0.3, -0.25) is 0 Å². The van der Waals surface area contributed by atoms with Crippen LogP contribution in [-0.2, 0) is 6.54 Å². The van der Waals surface area contributed by atoms with E-state index < -0.39 is 6.10 Å². The van der Waals surface area contributed by atoms with Gasteiger partial charge in [0.1, 0.15) is 0 Å². The van der Waals surface area contributed by atoms with E-state index in [2.05, 4.69) is 5.32 Å². The summed E-state index contributed by atoms with van der Waals surface area (Å²) in [6.07, 6.45) is -0.509. The lowest BCUT2D eigenvalue weighted by Crippen LogP contribution is -2.21. The van der Waals surface area contributed by atoms with E-state index >= 15 is 0 Å². The Hall–Kier alpha value is -2.04. The van der Waals surface area contributed by atoms with Crippen molar-refractivity contribution < 1.29 is 14.6 Å². The zero-order chi connectivity index (χ0) is 15.8. The third-order valence-corrected chi connectivity index (χ3v) is 3.38. The lowest BCUT2D eigenvalue weighted by atomic mass is 10.1. The summed E-state index contributed by atoms with van der Waals surface area (Å²) in [5.41, 5.74) is 2.00. The van der Waals surface area contributed by atoms with Crippen molar-refractivity contribution in [3.8, 4) is 11.5 Å². The summed E-state index contributed by atoms with van der Waals surface area (Å²) in [5.74, 6) is 1.47. The van der Waals surface area contributed by atoms with Crippen molar-refractivity contribution in [1.82, 2.24) is 5.32 Å². The Bertz CT molecular complexity index is 572. The number of methoxy groups -OCH3 is 1. The number of rotatable bonds is 8. The molecule has 2 aromatic carbocycles. The number of benzene rings is 2. The normalized spacial score (nSPS) is 12.0. The molecule has 0 spiro atoms. The number of aliphatic hydroxyl groups excluding tert-OH is 1. The molecule has 0 bridgehead atoms. The number of ether oxygens (including phenoxy) is 2. The Morgan fingerprint density at radius 3 is 2.55 bits per heavy atom. The first-order valence-electron chi connectivity index (χ1n) is 7.48. The first-order valence-corrected chi connectivity index (χ1v) is 7.48. The van der Waals surface area contributed by atoms with Crippen LogP contribution in [0, 0.1) is 0 Å². The summed E-state index contributed by atoms with van der Waals surface area (Å²) in [4.78, 5) is 0. The van der Waals surface area contributed by atoms with Gasteiger partial charge in [-0.1, -0.05) is 36.4 Å². The van der Waals surface area contributed by atoms with Gasteiger partial charge >= 0.3 is 0 Å². The highest BCUT2D eigenvalue weighted by Crippen LogP contribution is 2.28. The molecule has 2 aromatic rings. The van der Waals surface area contributed by atoms with E-state index in [9.17, 15) is 5.11 Å². The molecule has 2 rings (SSSR count). The highest BCUT2D eigenvalue weighted by atomic mass is 16.5. The molecule has 0 heterocycles. The maximum absolute atomic E-state index is 10.1. The molecule has 118 valence electrons. The minimum atomic E-state index is -0.509. The molecule has 22 heavy (non-hydrogen) atoms. The van der Waals surface area contributed by atoms with Crippen LogP contribution in [0.3, 0.4) is 0 Å². The van der Waals surface area contributed by atoms with E-state index in [-0.39, 0.29) is 0 Å². The lowest BCUT2D eigenvalue weighted by Gasteiger charge is -2.14. The van der Waals surface area contributed by atoms with Crippen LogP contribution >= 0.6 is 0 Å². The fourth-order valence-corrected chi connectivity index (χ4v) is 2.24. The minimum absolute atomic E-state index is 0.500.